The number of aliphatic hydroxyl groups excluding tert-OH is 1. The molecule has 1 amide bonds. The molecule has 0 aliphatic carbocycles. The van der Waals surface area contributed by atoms with Crippen LogP contribution in [0.2, 0.25) is 0 Å². The summed E-state index contributed by atoms with van der Waals surface area (Å²) >= 11 is 0. The van der Waals surface area contributed by atoms with E-state index in [4.69, 9.17) is 9.47 Å². The van der Waals surface area contributed by atoms with Crippen LogP contribution in [0.25, 0.3) is 0 Å². The summed E-state index contributed by atoms with van der Waals surface area (Å²) in [5, 5.41) is 9.17. The Hall–Kier alpha value is -1.75. The average Bonchev–Trinajstić information content (AvgIpc) is 2.50. The first-order chi connectivity index (χ1) is 10.1. The minimum absolute atomic E-state index is 0.0475. The summed E-state index contributed by atoms with van der Waals surface area (Å²) in [5.74, 6) is 1.01. The lowest BCUT2D eigenvalue weighted by molar-refractivity contribution is -0.137. The number of rotatable bonds is 8. The highest BCUT2D eigenvalue weighted by Gasteiger charge is 2.21. The van der Waals surface area contributed by atoms with Crippen LogP contribution >= 0.6 is 0 Å². The van der Waals surface area contributed by atoms with Crippen molar-refractivity contribution in [3.63, 3.8) is 0 Å². The highest BCUT2D eigenvalue weighted by atomic mass is 16.5. The number of carbonyl (C=O) groups excluding carboxylic acids is 1. The molecule has 0 heterocycles. The van der Waals surface area contributed by atoms with E-state index in [-0.39, 0.29) is 12.5 Å². The van der Waals surface area contributed by atoms with Gasteiger partial charge in [0, 0.05) is 13.1 Å². The van der Waals surface area contributed by atoms with Crippen molar-refractivity contribution < 1.29 is 19.4 Å². The Labute approximate surface area is 126 Å². The van der Waals surface area contributed by atoms with Gasteiger partial charge < -0.3 is 19.5 Å². The maximum absolute atomic E-state index is 12.2. The predicted molar refractivity (Wildman–Crippen MR) is 81.6 cm³/mol. The first kappa shape index (κ1) is 17.3. The Kier molecular flexibility index (Phi) is 7.02. The average molecular weight is 295 g/mol. The summed E-state index contributed by atoms with van der Waals surface area (Å²) < 4.78 is 11.3. The van der Waals surface area contributed by atoms with E-state index in [2.05, 4.69) is 0 Å². The Balaban J connectivity index is 2.88. The van der Waals surface area contributed by atoms with Crippen LogP contribution in [-0.4, -0.2) is 41.7 Å². The number of carbonyl (C=O) groups is 1. The van der Waals surface area contributed by atoms with Gasteiger partial charge in [-0.25, -0.2) is 0 Å². The second-order valence-electron chi connectivity index (χ2n) is 4.64. The van der Waals surface area contributed by atoms with Crippen molar-refractivity contribution in [2.45, 2.75) is 40.4 Å². The van der Waals surface area contributed by atoms with Gasteiger partial charge in [-0.2, -0.15) is 0 Å². The minimum Gasteiger partial charge on any atom is -0.490 e. The number of hydrogen-bond acceptors (Lipinski definition) is 4. The summed E-state index contributed by atoms with van der Waals surface area (Å²) in [6, 6.07) is 5.21. The quantitative estimate of drug-likeness (QED) is 0.799. The Morgan fingerprint density at radius 2 is 1.90 bits per heavy atom. The lowest BCUT2D eigenvalue weighted by Crippen LogP contribution is -2.40. The minimum atomic E-state index is -0.580. The van der Waals surface area contributed by atoms with E-state index in [1.165, 1.54) is 0 Å². The predicted octanol–water partition coefficient (Wildman–Crippen LogP) is 2.21. The van der Waals surface area contributed by atoms with Crippen LogP contribution in [0.1, 0.15) is 33.3 Å². The smallest absolute Gasteiger partial charge is 0.263 e. The van der Waals surface area contributed by atoms with Gasteiger partial charge in [-0.05, 0) is 45.4 Å². The summed E-state index contributed by atoms with van der Waals surface area (Å²) in [7, 11) is 0. The molecule has 1 rings (SSSR count). The molecule has 1 atom stereocenters. The van der Waals surface area contributed by atoms with Gasteiger partial charge >= 0.3 is 0 Å². The molecule has 0 saturated carbocycles. The zero-order chi connectivity index (χ0) is 15.8. The molecular weight excluding hydrogens is 270 g/mol. The van der Waals surface area contributed by atoms with E-state index in [0.717, 1.165) is 5.56 Å². The van der Waals surface area contributed by atoms with Gasteiger partial charge in [-0.1, -0.05) is 6.07 Å². The highest BCUT2D eigenvalue weighted by Crippen LogP contribution is 2.29. The van der Waals surface area contributed by atoms with E-state index in [0.29, 0.717) is 31.2 Å². The maximum Gasteiger partial charge on any atom is 0.263 e. The molecule has 1 aromatic carbocycles. The van der Waals surface area contributed by atoms with Crippen LogP contribution in [0.3, 0.4) is 0 Å². The molecule has 0 fully saturated rings. The third-order valence-corrected chi connectivity index (χ3v) is 3.22. The Morgan fingerprint density at radius 1 is 1.24 bits per heavy atom. The van der Waals surface area contributed by atoms with Gasteiger partial charge in [-0.3, -0.25) is 4.79 Å². The largest absolute Gasteiger partial charge is 0.490 e. The van der Waals surface area contributed by atoms with Gasteiger partial charge in [0.2, 0.25) is 0 Å². The van der Waals surface area contributed by atoms with Gasteiger partial charge in [0.15, 0.2) is 17.6 Å². The van der Waals surface area contributed by atoms with E-state index in [1.807, 2.05) is 20.8 Å². The topological polar surface area (TPSA) is 59.0 Å². The van der Waals surface area contributed by atoms with Crippen LogP contribution in [0.5, 0.6) is 11.5 Å². The lowest BCUT2D eigenvalue weighted by atomic mass is 10.2. The van der Waals surface area contributed by atoms with Crippen molar-refractivity contribution in [3.8, 4) is 11.5 Å². The first-order valence-electron chi connectivity index (χ1n) is 7.39. The lowest BCUT2D eigenvalue weighted by Gasteiger charge is -2.24. The molecule has 118 valence electrons. The summed E-state index contributed by atoms with van der Waals surface area (Å²) in [6.45, 7) is 9.23. The van der Waals surface area contributed by atoms with Crippen molar-refractivity contribution >= 4 is 5.91 Å². The number of likely N-dealkylation sites (N-methyl/N-ethyl adjacent to an activating group) is 1. The Morgan fingerprint density at radius 3 is 2.43 bits per heavy atom. The molecular formula is C16H25NO4. The number of amides is 1. The summed E-state index contributed by atoms with van der Waals surface area (Å²) in [4.78, 5) is 14.0. The molecule has 0 bridgehead atoms. The normalized spacial score (nSPS) is 11.9. The van der Waals surface area contributed by atoms with Crippen LogP contribution in [0.4, 0.5) is 0 Å². The molecule has 0 aliphatic rings. The fraction of sp³-hybridized carbons (Fsp3) is 0.562. The van der Waals surface area contributed by atoms with Crippen molar-refractivity contribution in [2.75, 3.05) is 19.7 Å². The summed E-state index contributed by atoms with van der Waals surface area (Å²) in [5.41, 5.74) is 0.744. The van der Waals surface area contributed by atoms with Crippen LogP contribution in [0.15, 0.2) is 18.2 Å². The van der Waals surface area contributed by atoms with Gasteiger partial charge in [0.1, 0.15) is 0 Å². The number of benzene rings is 1. The fourth-order valence-electron chi connectivity index (χ4n) is 2.05. The second kappa shape index (κ2) is 8.52. The molecule has 5 heteroatoms. The van der Waals surface area contributed by atoms with Crippen molar-refractivity contribution in [1.82, 2.24) is 4.90 Å². The second-order valence-corrected chi connectivity index (χ2v) is 4.64. The first-order valence-corrected chi connectivity index (χ1v) is 7.39. The molecule has 0 aromatic heterocycles. The van der Waals surface area contributed by atoms with Crippen molar-refractivity contribution in [3.05, 3.63) is 23.8 Å². The standard InChI is InChI=1S/C16H25NO4/c1-5-17(6-2)16(19)12(4)21-14-9-8-13(11-18)10-15(14)20-7-3/h8-10,12,18H,5-7,11H2,1-4H3. The molecule has 0 spiro atoms. The number of nitrogens with zero attached hydrogens (tertiary/aromatic N) is 1. The van der Waals surface area contributed by atoms with Crippen LogP contribution in [0, 0.1) is 0 Å². The fourth-order valence-corrected chi connectivity index (χ4v) is 2.05. The highest BCUT2D eigenvalue weighted by molar-refractivity contribution is 5.80. The monoisotopic (exact) mass is 295 g/mol. The molecule has 0 saturated heterocycles. The molecule has 0 aliphatic heterocycles. The van der Waals surface area contributed by atoms with Crippen LogP contribution < -0.4 is 9.47 Å². The molecule has 1 unspecified atom stereocenters. The van der Waals surface area contributed by atoms with Crippen molar-refractivity contribution in [2.24, 2.45) is 0 Å². The van der Waals surface area contributed by atoms with E-state index in [1.54, 1.807) is 30.0 Å². The van der Waals surface area contributed by atoms with Crippen molar-refractivity contribution in [1.29, 1.82) is 0 Å². The van der Waals surface area contributed by atoms with E-state index >= 15 is 0 Å². The van der Waals surface area contributed by atoms with E-state index < -0.39 is 6.10 Å². The zero-order valence-electron chi connectivity index (χ0n) is 13.3. The zero-order valence-corrected chi connectivity index (χ0v) is 13.3. The summed E-state index contributed by atoms with van der Waals surface area (Å²) in [6.07, 6.45) is -0.580. The van der Waals surface area contributed by atoms with Gasteiger partial charge in [0.05, 0.1) is 13.2 Å². The molecule has 1 aromatic rings. The van der Waals surface area contributed by atoms with Gasteiger partial charge in [0.25, 0.3) is 5.91 Å². The molecule has 21 heavy (non-hydrogen) atoms. The maximum atomic E-state index is 12.2. The molecule has 0 radical (unpaired) electrons. The SMILES string of the molecule is CCOc1cc(CO)ccc1OC(C)C(=O)N(CC)CC. The number of aliphatic hydroxyl groups is 1. The third kappa shape index (κ3) is 4.63. The molecule has 1 N–H and O–H groups in total. The number of ether oxygens (including phenoxy) is 2. The molecule has 5 nitrogen and oxygen atoms in total. The Bertz CT molecular complexity index is 458. The third-order valence-electron chi connectivity index (χ3n) is 3.22. The van der Waals surface area contributed by atoms with Crippen LogP contribution in [-0.2, 0) is 11.4 Å². The van der Waals surface area contributed by atoms with E-state index in [9.17, 15) is 9.90 Å². The van der Waals surface area contributed by atoms with Gasteiger partial charge in [-0.15, -0.1) is 0 Å². The number of hydrogen-bond donors (Lipinski definition) is 1.